The fraction of sp³-hybridized carbons (Fsp3) is 0.500. The molecule has 1 saturated heterocycles. The van der Waals surface area contributed by atoms with Gasteiger partial charge in [-0.3, -0.25) is 4.79 Å². The first-order valence-electron chi connectivity index (χ1n) is 6.93. The molecule has 20 heavy (non-hydrogen) atoms. The third-order valence-electron chi connectivity index (χ3n) is 3.98. The lowest BCUT2D eigenvalue weighted by atomic mass is 9.96. The minimum Gasteiger partial charge on any atom is -0.441 e. The monoisotopic (exact) mass is 275 g/mol. The van der Waals surface area contributed by atoms with E-state index in [0.29, 0.717) is 6.42 Å². The highest BCUT2D eigenvalue weighted by Crippen LogP contribution is 2.30. The normalized spacial score (nSPS) is 22.5. The molecular weight excluding hydrogens is 254 g/mol. The van der Waals surface area contributed by atoms with Crippen molar-refractivity contribution in [3.8, 4) is 0 Å². The molecule has 0 radical (unpaired) electrons. The van der Waals surface area contributed by atoms with E-state index in [1.807, 2.05) is 58.0 Å². The summed E-state index contributed by atoms with van der Waals surface area (Å²) in [6, 6.07) is 9.56. The Hall–Kier alpha value is -1.84. The summed E-state index contributed by atoms with van der Waals surface area (Å²) >= 11 is 0. The van der Waals surface area contributed by atoms with Gasteiger partial charge in [0.15, 0.2) is 0 Å². The number of amides is 2. The van der Waals surface area contributed by atoms with E-state index in [-0.39, 0.29) is 17.9 Å². The summed E-state index contributed by atoms with van der Waals surface area (Å²) in [6.07, 6.45) is 0.0868. The number of imide groups is 1. The molecule has 1 aromatic rings. The second-order valence-corrected chi connectivity index (χ2v) is 5.95. The molecule has 0 spiro atoms. The third-order valence-corrected chi connectivity index (χ3v) is 3.98. The third kappa shape index (κ3) is 2.69. The molecule has 1 fully saturated rings. The minimum atomic E-state index is -0.626. The zero-order valence-electron chi connectivity index (χ0n) is 12.4. The van der Waals surface area contributed by atoms with Gasteiger partial charge in [0, 0.05) is 5.92 Å². The van der Waals surface area contributed by atoms with Gasteiger partial charge in [0.05, 0.1) is 6.04 Å². The summed E-state index contributed by atoms with van der Waals surface area (Å²) in [7, 11) is 0. The van der Waals surface area contributed by atoms with E-state index in [0.717, 1.165) is 5.56 Å². The molecule has 108 valence electrons. The van der Waals surface area contributed by atoms with Crippen LogP contribution in [0.3, 0.4) is 0 Å². The molecule has 1 heterocycles. The topological polar surface area (TPSA) is 46.6 Å². The number of hydrogen-bond acceptors (Lipinski definition) is 3. The highest BCUT2D eigenvalue weighted by atomic mass is 16.6. The molecule has 0 N–H and O–H groups in total. The van der Waals surface area contributed by atoms with Crippen LogP contribution in [-0.4, -0.2) is 28.5 Å². The second kappa shape index (κ2) is 5.27. The fourth-order valence-corrected chi connectivity index (χ4v) is 2.40. The molecule has 0 bridgehead atoms. The van der Waals surface area contributed by atoms with Crippen LogP contribution in [0.2, 0.25) is 0 Å². The standard InChI is InChI=1S/C16H21NO3/c1-11(10-13-8-6-5-7-9-13)14(18)17-12(2)16(3,4)20-15(17)19/h5-9,11-12H,10H2,1-4H3/t11-,12?/m1/s1. The van der Waals surface area contributed by atoms with Crippen LogP contribution >= 0.6 is 0 Å². The summed E-state index contributed by atoms with van der Waals surface area (Å²) < 4.78 is 5.26. The molecule has 0 saturated carbocycles. The lowest BCUT2D eigenvalue weighted by Gasteiger charge is -2.25. The summed E-state index contributed by atoms with van der Waals surface area (Å²) in [4.78, 5) is 25.6. The maximum atomic E-state index is 12.5. The quantitative estimate of drug-likeness (QED) is 0.852. The number of ether oxygens (including phenoxy) is 1. The van der Waals surface area contributed by atoms with E-state index in [4.69, 9.17) is 4.74 Å². The largest absolute Gasteiger partial charge is 0.441 e. The van der Waals surface area contributed by atoms with E-state index < -0.39 is 11.7 Å². The molecule has 4 nitrogen and oxygen atoms in total. The van der Waals surface area contributed by atoms with Gasteiger partial charge in [-0.15, -0.1) is 0 Å². The van der Waals surface area contributed by atoms with Crippen LogP contribution in [-0.2, 0) is 16.0 Å². The second-order valence-electron chi connectivity index (χ2n) is 5.95. The Morgan fingerprint density at radius 1 is 1.35 bits per heavy atom. The Balaban J connectivity index is 2.09. The van der Waals surface area contributed by atoms with Crippen molar-refractivity contribution in [2.24, 2.45) is 5.92 Å². The number of benzene rings is 1. The minimum absolute atomic E-state index is 0.170. The Labute approximate surface area is 119 Å². The predicted molar refractivity (Wildman–Crippen MR) is 76.2 cm³/mol. The molecule has 1 unspecified atom stereocenters. The number of carbonyl (C=O) groups is 2. The highest BCUT2D eigenvalue weighted by molar-refractivity contribution is 5.95. The van der Waals surface area contributed by atoms with Crippen LogP contribution in [0, 0.1) is 5.92 Å². The van der Waals surface area contributed by atoms with E-state index in [1.165, 1.54) is 4.90 Å². The molecule has 2 amide bonds. The molecule has 1 aliphatic heterocycles. The van der Waals surface area contributed by atoms with Gasteiger partial charge >= 0.3 is 6.09 Å². The van der Waals surface area contributed by atoms with Crippen LogP contribution in [0.25, 0.3) is 0 Å². The Morgan fingerprint density at radius 2 is 1.95 bits per heavy atom. The van der Waals surface area contributed by atoms with E-state index in [9.17, 15) is 9.59 Å². The molecule has 0 aromatic heterocycles. The van der Waals surface area contributed by atoms with Crippen molar-refractivity contribution in [2.45, 2.75) is 45.8 Å². The van der Waals surface area contributed by atoms with Crippen molar-refractivity contribution in [3.63, 3.8) is 0 Å². The Bertz CT molecular complexity index is 510. The SMILES string of the molecule is CC1N(C(=O)[C@H](C)Cc2ccccc2)C(=O)OC1(C)C. The smallest absolute Gasteiger partial charge is 0.417 e. The van der Waals surface area contributed by atoms with Crippen LogP contribution in [0.1, 0.15) is 33.3 Å². The predicted octanol–water partition coefficient (Wildman–Crippen LogP) is 3.01. The van der Waals surface area contributed by atoms with Gasteiger partial charge in [0.25, 0.3) is 0 Å². The molecule has 4 heteroatoms. The molecule has 2 atom stereocenters. The van der Waals surface area contributed by atoms with Crippen molar-refractivity contribution < 1.29 is 14.3 Å². The summed E-state index contributed by atoms with van der Waals surface area (Å²) in [5.41, 5.74) is 0.465. The van der Waals surface area contributed by atoms with Crippen molar-refractivity contribution in [3.05, 3.63) is 35.9 Å². The number of nitrogens with zero attached hydrogens (tertiary/aromatic N) is 1. The molecular formula is C16H21NO3. The van der Waals surface area contributed by atoms with Gasteiger partial charge in [-0.05, 0) is 32.8 Å². The molecule has 1 aliphatic rings. The van der Waals surface area contributed by atoms with Crippen molar-refractivity contribution >= 4 is 12.0 Å². The van der Waals surface area contributed by atoms with Crippen LogP contribution in [0.15, 0.2) is 30.3 Å². The van der Waals surface area contributed by atoms with Gasteiger partial charge in [-0.25, -0.2) is 9.69 Å². The summed E-state index contributed by atoms with van der Waals surface area (Å²) in [6.45, 7) is 7.34. The number of rotatable bonds is 3. The van der Waals surface area contributed by atoms with Crippen LogP contribution in [0.5, 0.6) is 0 Å². The number of hydrogen-bond donors (Lipinski definition) is 0. The molecule has 0 aliphatic carbocycles. The van der Waals surface area contributed by atoms with Gasteiger partial charge < -0.3 is 4.74 Å². The first-order chi connectivity index (χ1) is 9.33. The average Bonchev–Trinajstić information content (AvgIpc) is 2.58. The number of carbonyl (C=O) groups excluding carboxylic acids is 2. The van der Waals surface area contributed by atoms with E-state index >= 15 is 0 Å². The van der Waals surface area contributed by atoms with Gasteiger partial charge in [0.2, 0.25) is 5.91 Å². The zero-order chi connectivity index (χ0) is 14.9. The van der Waals surface area contributed by atoms with Crippen molar-refractivity contribution in [2.75, 3.05) is 0 Å². The first-order valence-corrected chi connectivity index (χ1v) is 6.93. The van der Waals surface area contributed by atoms with E-state index in [2.05, 4.69) is 0 Å². The molecule has 1 aromatic carbocycles. The Morgan fingerprint density at radius 3 is 2.45 bits per heavy atom. The van der Waals surface area contributed by atoms with Crippen molar-refractivity contribution in [1.29, 1.82) is 0 Å². The fourth-order valence-electron chi connectivity index (χ4n) is 2.40. The van der Waals surface area contributed by atoms with Gasteiger partial charge in [-0.1, -0.05) is 37.3 Å². The maximum Gasteiger partial charge on any atom is 0.417 e. The first kappa shape index (κ1) is 14.6. The summed E-state index contributed by atoms with van der Waals surface area (Å²) in [5, 5.41) is 0. The average molecular weight is 275 g/mol. The summed E-state index contributed by atoms with van der Waals surface area (Å²) in [5.74, 6) is -0.418. The van der Waals surface area contributed by atoms with Crippen LogP contribution in [0.4, 0.5) is 4.79 Å². The zero-order valence-corrected chi connectivity index (χ0v) is 12.4. The lowest BCUT2D eigenvalue weighted by molar-refractivity contribution is -0.133. The maximum absolute atomic E-state index is 12.5. The number of cyclic esters (lactones) is 1. The van der Waals surface area contributed by atoms with Gasteiger partial charge in [0.1, 0.15) is 5.60 Å². The highest BCUT2D eigenvalue weighted by Gasteiger charge is 2.48. The van der Waals surface area contributed by atoms with E-state index in [1.54, 1.807) is 0 Å². The van der Waals surface area contributed by atoms with Crippen LogP contribution < -0.4 is 0 Å². The van der Waals surface area contributed by atoms with Crippen molar-refractivity contribution in [1.82, 2.24) is 4.90 Å². The Kier molecular flexibility index (Phi) is 3.84. The van der Waals surface area contributed by atoms with Gasteiger partial charge in [-0.2, -0.15) is 0 Å². The lowest BCUT2D eigenvalue weighted by Crippen LogP contribution is -2.45. The molecule has 2 rings (SSSR count).